The molecule has 0 atom stereocenters. The van der Waals surface area contributed by atoms with Crippen molar-refractivity contribution in [3.63, 3.8) is 0 Å². The summed E-state index contributed by atoms with van der Waals surface area (Å²) >= 11 is 1.32. The zero-order valence-electron chi connectivity index (χ0n) is 25.0. The van der Waals surface area contributed by atoms with Crippen molar-refractivity contribution in [3.8, 4) is 17.3 Å². The maximum absolute atomic E-state index is 15.5. The van der Waals surface area contributed by atoms with Gasteiger partial charge in [-0.25, -0.2) is 13.9 Å². The first-order chi connectivity index (χ1) is 21.1. The number of amides is 1. The van der Waals surface area contributed by atoms with Gasteiger partial charge < -0.3 is 24.5 Å². The molecule has 44 heavy (non-hydrogen) atoms. The van der Waals surface area contributed by atoms with Gasteiger partial charge in [0.25, 0.3) is 5.91 Å². The normalized spacial score (nSPS) is 18.6. The summed E-state index contributed by atoms with van der Waals surface area (Å²) in [7, 11) is 1.91. The number of hydrogen-bond donors (Lipinski definition) is 1. The number of aryl methyl sites for hydroxylation is 2. The first-order valence-electron chi connectivity index (χ1n) is 14.9. The number of ether oxygens (including phenoxy) is 1. The number of anilines is 3. The molecule has 0 aliphatic carbocycles. The Morgan fingerprint density at radius 2 is 1.91 bits per heavy atom. The van der Waals surface area contributed by atoms with E-state index >= 15 is 4.39 Å². The maximum atomic E-state index is 15.5. The van der Waals surface area contributed by atoms with Crippen molar-refractivity contribution < 1.29 is 19.0 Å². The van der Waals surface area contributed by atoms with Crippen molar-refractivity contribution in [1.82, 2.24) is 19.5 Å². The molecule has 3 aliphatic heterocycles. The average molecular weight is 616 g/mol. The summed E-state index contributed by atoms with van der Waals surface area (Å²) < 4.78 is 22.4. The lowest BCUT2D eigenvalue weighted by Gasteiger charge is -2.61. The smallest absolute Gasteiger partial charge is 0.254 e. The summed E-state index contributed by atoms with van der Waals surface area (Å²) in [6, 6.07) is 12.1. The molecule has 1 N–H and O–H groups in total. The number of carbonyl (C=O) groups is 1. The molecular formula is C32H34FN7O3S. The molecule has 0 unspecified atom stereocenters. The SMILES string of the molecule is CCc1nn2cc(F)c(N3CC4(CN(C(=O)C5(O)CCOCC5)C4)C3)cc2c1N(C)c1nc(-c2ccc(C)cc2)c(C#N)s1. The van der Waals surface area contributed by atoms with E-state index in [0.29, 0.717) is 80.0 Å². The van der Waals surface area contributed by atoms with Gasteiger partial charge in [0.1, 0.15) is 22.2 Å². The molecule has 3 aliphatic rings. The van der Waals surface area contributed by atoms with E-state index in [-0.39, 0.29) is 17.1 Å². The number of nitrogens with zero attached hydrogens (tertiary/aromatic N) is 7. The molecule has 0 saturated carbocycles. The lowest BCUT2D eigenvalue weighted by atomic mass is 9.71. The molecule has 1 aromatic carbocycles. The molecule has 10 nitrogen and oxygen atoms in total. The third kappa shape index (κ3) is 4.62. The fourth-order valence-corrected chi connectivity index (χ4v) is 7.58. The van der Waals surface area contributed by atoms with Gasteiger partial charge in [-0.3, -0.25) is 4.79 Å². The van der Waals surface area contributed by atoms with Crippen molar-refractivity contribution in [2.45, 2.75) is 38.7 Å². The summed E-state index contributed by atoms with van der Waals surface area (Å²) in [6.07, 6.45) is 2.69. The summed E-state index contributed by atoms with van der Waals surface area (Å²) in [5.74, 6) is -0.582. The van der Waals surface area contributed by atoms with Gasteiger partial charge in [0.15, 0.2) is 10.9 Å². The molecule has 6 heterocycles. The van der Waals surface area contributed by atoms with E-state index in [2.05, 4.69) is 11.2 Å². The van der Waals surface area contributed by atoms with Crippen molar-refractivity contribution in [3.05, 3.63) is 58.5 Å². The van der Waals surface area contributed by atoms with Crippen LogP contribution in [0, 0.1) is 29.5 Å². The highest BCUT2D eigenvalue weighted by molar-refractivity contribution is 7.16. The zero-order valence-corrected chi connectivity index (χ0v) is 25.8. The predicted molar refractivity (Wildman–Crippen MR) is 166 cm³/mol. The van der Waals surface area contributed by atoms with E-state index in [9.17, 15) is 15.2 Å². The summed E-state index contributed by atoms with van der Waals surface area (Å²) in [5, 5.41) is 26.0. The summed E-state index contributed by atoms with van der Waals surface area (Å²) in [6.45, 7) is 7.18. The quantitative estimate of drug-likeness (QED) is 0.342. The van der Waals surface area contributed by atoms with Crippen LogP contribution in [0.25, 0.3) is 16.8 Å². The minimum atomic E-state index is -1.34. The average Bonchev–Trinajstić information content (AvgIpc) is 3.57. The Bertz CT molecular complexity index is 1790. The first kappa shape index (κ1) is 28.7. The number of pyridine rings is 1. The molecule has 1 spiro atoms. The van der Waals surface area contributed by atoms with Gasteiger partial charge in [-0.05, 0) is 19.4 Å². The standard InChI is InChI=1S/C32H34FN7O3S/c1-4-23-28(37(3)30-35-27(26(14-34)44-30)21-7-5-20(2)6-8-21)25-13-24(22(33)15-40(25)36-23)38-16-31(17-38)18-39(19-31)29(41)32(42)9-11-43-12-10-32/h5-8,13,15,42H,4,9-12,16-19H2,1-3H3. The molecule has 4 aromatic rings. The molecule has 3 saturated heterocycles. The van der Waals surface area contributed by atoms with Crippen molar-refractivity contribution in [2.75, 3.05) is 56.2 Å². The Balaban J connectivity index is 1.14. The molecule has 0 bridgehead atoms. The largest absolute Gasteiger partial charge is 0.381 e. The minimum Gasteiger partial charge on any atom is -0.381 e. The fourth-order valence-electron chi connectivity index (χ4n) is 6.73. The van der Waals surface area contributed by atoms with Crippen LogP contribution in [-0.2, 0) is 16.0 Å². The third-order valence-electron chi connectivity index (χ3n) is 9.20. The minimum absolute atomic E-state index is 0.0921. The monoisotopic (exact) mass is 615 g/mol. The molecule has 7 rings (SSSR count). The van der Waals surface area contributed by atoms with Gasteiger partial charge in [0.05, 0.1) is 28.8 Å². The molecule has 228 valence electrons. The van der Waals surface area contributed by atoms with Gasteiger partial charge >= 0.3 is 0 Å². The number of halogens is 1. The van der Waals surface area contributed by atoms with Crippen molar-refractivity contribution >= 4 is 39.3 Å². The summed E-state index contributed by atoms with van der Waals surface area (Å²) in [5.41, 5.74) is 4.09. The van der Waals surface area contributed by atoms with Crippen LogP contribution in [-0.4, -0.2) is 82.6 Å². The lowest BCUT2D eigenvalue weighted by molar-refractivity contribution is -0.174. The Kier molecular flexibility index (Phi) is 6.88. The molecule has 1 amide bonds. The second kappa shape index (κ2) is 10.5. The second-order valence-electron chi connectivity index (χ2n) is 12.4. The van der Waals surface area contributed by atoms with Crippen molar-refractivity contribution in [1.29, 1.82) is 5.26 Å². The topological polar surface area (TPSA) is 110 Å². The maximum Gasteiger partial charge on any atom is 0.254 e. The molecule has 0 radical (unpaired) electrons. The van der Waals surface area contributed by atoms with Gasteiger partial charge in [0, 0.05) is 70.3 Å². The number of hydrogen-bond acceptors (Lipinski definition) is 9. The Morgan fingerprint density at radius 3 is 2.57 bits per heavy atom. The number of aromatic nitrogens is 3. The van der Waals surface area contributed by atoms with Crippen LogP contribution in [0.5, 0.6) is 0 Å². The van der Waals surface area contributed by atoms with E-state index in [1.807, 2.05) is 61.0 Å². The number of likely N-dealkylation sites (tertiary alicyclic amines) is 1. The van der Waals surface area contributed by atoms with Gasteiger partial charge in [0.2, 0.25) is 0 Å². The van der Waals surface area contributed by atoms with Crippen LogP contribution in [0.15, 0.2) is 36.5 Å². The van der Waals surface area contributed by atoms with Crippen LogP contribution in [0.2, 0.25) is 0 Å². The van der Waals surface area contributed by atoms with Crippen LogP contribution in [0.4, 0.5) is 20.9 Å². The van der Waals surface area contributed by atoms with E-state index in [1.54, 1.807) is 9.42 Å². The number of benzene rings is 1. The van der Waals surface area contributed by atoms with E-state index in [1.165, 1.54) is 17.5 Å². The molecule has 3 aromatic heterocycles. The molecule has 3 fully saturated rings. The zero-order chi connectivity index (χ0) is 30.8. The van der Waals surface area contributed by atoms with Crippen LogP contribution < -0.4 is 9.80 Å². The van der Waals surface area contributed by atoms with Crippen molar-refractivity contribution in [2.24, 2.45) is 5.41 Å². The van der Waals surface area contributed by atoms with Gasteiger partial charge in [-0.15, -0.1) is 0 Å². The predicted octanol–water partition coefficient (Wildman–Crippen LogP) is 4.30. The molecular weight excluding hydrogens is 581 g/mol. The van der Waals surface area contributed by atoms with E-state index in [0.717, 1.165) is 28.0 Å². The Hall–Kier alpha value is -4.05. The number of rotatable bonds is 6. The van der Waals surface area contributed by atoms with Gasteiger partial charge in [-0.1, -0.05) is 48.1 Å². The number of nitriles is 1. The second-order valence-corrected chi connectivity index (χ2v) is 13.3. The van der Waals surface area contributed by atoms with Crippen LogP contribution in [0.1, 0.15) is 35.9 Å². The number of carbonyl (C=O) groups excluding carboxylic acids is 1. The fraction of sp³-hybridized carbons (Fsp3) is 0.438. The highest BCUT2D eigenvalue weighted by atomic mass is 32.1. The Labute approximate surface area is 258 Å². The lowest BCUT2D eigenvalue weighted by Crippen LogP contribution is -2.75. The van der Waals surface area contributed by atoms with E-state index in [4.69, 9.17) is 9.72 Å². The highest BCUT2D eigenvalue weighted by Gasteiger charge is 2.56. The third-order valence-corrected chi connectivity index (χ3v) is 10.2. The van der Waals surface area contributed by atoms with Gasteiger partial charge in [-0.2, -0.15) is 10.4 Å². The van der Waals surface area contributed by atoms with Crippen LogP contribution >= 0.6 is 11.3 Å². The number of fused-ring (bicyclic) bond motifs is 1. The Morgan fingerprint density at radius 1 is 1.20 bits per heavy atom. The first-order valence-corrected chi connectivity index (χ1v) is 15.7. The number of thiazole rings is 1. The summed E-state index contributed by atoms with van der Waals surface area (Å²) in [4.78, 5) is 24.1. The highest BCUT2D eigenvalue weighted by Crippen LogP contribution is 2.45. The van der Waals surface area contributed by atoms with E-state index < -0.39 is 5.60 Å². The molecule has 12 heteroatoms. The number of aliphatic hydroxyl groups is 1. The van der Waals surface area contributed by atoms with Crippen LogP contribution in [0.3, 0.4) is 0 Å².